The van der Waals surface area contributed by atoms with Crippen LogP contribution >= 0.6 is 0 Å². The zero-order chi connectivity index (χ0) is 22.3. The van der Waals surface area contributed by atoms with Crippen LogP contribution in [0.2, 0.25) is 0 Å². The molecule has 0 aromatic carbocycles. The molecule has 3 saturated carbocycles. The van der Waals surface area contributed by atoms with Gasteiger partial charge in [0, 0.05) is 6.04 Å². The number of fused-ring (bicyclic) bond motifs is 6. The molecule has 5 aliphatic carbocycles. The molecule has 2 nitrogen and oxygen atoms in total. The quantitative estimate of drug-likeness (QED) is 0.416. The van der Waals surface area contributed by atoms with Crippen molar-refractivity contribution in [3.8, 4) is 0 Å². The molecule has 6 aliphatic rings. The SMILES string of the molecule is CC1=C2C[C@H]3C(CC=C4CC(O)CC[C@@]43C)C2CCC2(CCC3C[C@H](C)CN[C@H]3C2C)C1. The summed E-state index contributed by atoms with van der Waals surface area (Å²) in [7, 11) is 0. The minimum Gasteiger partial charge on any atom is -0.393 e. The van der Waals surface area contributed by atoms with E-state index >= 15 is 0 Å². The van der Waals surface area contributed by atoms with Crippen molar-refractivity contribution in [2.45, 2.75) is 110 Å². The molecule has 0 aromatic heterocycles. The average molecular weight is 438 g/mol. The molecule has 2 N–H and O–H groups in total. The minimum atomic E-state index is -0.0911. The Kier molecular flexibility index (Phi) is 5.27. The lowest BCUT2D eigenvalue weighted by Gasteiger charge is -2.53. The molecule has 0 radical (unpaired) electrons. The third-order valence-electron chi connectivity index (χ3n) is 12.1. The fourth-order valence-electron chi connectivity index (χ4n) is 10.2. The summed E-state index contributed by atoms with van der Waals surface area (Å²) in [4.78, 5) is 0. The Balaban J connectivity index is 1.26. The maximum atomic E-state index is 10.3. The molecule has 32 heavy (non-hydrogen) atoms. The van der Waals surface area contributed by atoms with Crippen LogP contribution in [0.3, 0.4) is 0 Å². The summed E-state index contributed by atoms with van der Waals surface area (Å²) in [5.41, 5.74) is 6.18. The molecule has 0 amide bonds. The lowest BCUT2D eigenvalue weighted by molar-refractivity contribution is 0.000955. The Hall–Kier alpha value is -0.600. The number of allylic oxidation sites excluding steroid dienone is 3. The van der Waals surface area contributed by atoms with Crippen molar-refractivity contribution >= 4 is 0 Å². The zero-order valence-corrected chi connectivity index (χ0v) is 21.1. The highest BCUT2D eigenvalue weighted by Crippen LogP contribution is 2.64. The number of rotatable bonds is 0. The van der Waals surface area contributed by atoms with Gasteiger partial charge in [-0.2, -0.15) is 0 Å². The predicted molar refractivity (Wildman–Crippen MR) is 132 cm³/mol. The molecule has 4 fully saturated rings. The number of hydrogen-bond donors (Lipinski definition) is 2. The molecule has 0 aromatic rings. The smallest absolute Gasteiger partial charge is 0.0577 e. The Labute approximate surface area is 196 Å². The minimum absolute atomic E-state index is 0.0911. The molecular formula is C30H47NO. The summed E-state index contributed by atoms with van der Waals surface area (Å²) >= 11 is 0. The van der Waals surface area contributed by atoms with Gasteiger partial charge in [-0.05, 0) is 130 Å². The highest BCUT2D eigenvalue weighted by Gasteiger charge is 2.55. The van der Waals surface area contributed by atoms with E-state index in [4.69, 9.17) is 0 Å². The van der Waals surface area contributed by atoms with Crippen LogP contribution in [0.15, 0.2) is 22.8 Å². The first-order valence-electron chi connectivity index (χ1n) is 14.1. The van der Waals surface area contributed by atoms with Crippen LogP contribution in [0.4, 0.5) is 0 Å². The van der Waals surface area contributed by atoms with Crippen molar-refractivity contribution in [1.82, 2.24) is 5.32 Å². The standard InChI is InChI=1S/C30H47NO/c1-18-13-21-7-11-30(20(3)28(21)31-17-18)12-9-24-25-6-5-22-14-23(32)8-10-29(22,4)27(25)15-26(24)19(2)16-30/h5,18,20-21,23-25,27-28,31-32H,6-17H2,1-4H3/t18-,20?,21?,23?,24?,25?,27-,28-,29-,30?/m0/s1. The van der Waals surface area contributed by atoms with Gasteiger partial charge in [0.15, 0.2) is 0 Å². The maximum Gasteiger partial charge on any atom is 0.0577 e. The molecule has 1 spiro atoms. The van der Waals surface area contributed by atoms with E-state index in [9.17, 15) is 5.11 Å². The fraction of sp³-hybridized carbons (Fsp3) is 0.867. The highest BCUT2D eigenvalue weighted by atomic mass is 16.3. The summed E-state index contributed by atoms with van der Waals surface area (Å²) in [6, 6.07) is 0.760. The van der Waals surface area contributed by atoms with Gasteiger partial charge in [0.05, 0.1) is 6.10 Å². The lowest BCUT2D eigenvalue weighted by atomic mass is 9.55. The van der Waals surface area contributed by atoms with Crippen LogP contribution in [-0.4, -0.2) is 23.8 Å². The summed E-state index contributed by atoms with van der Waals surface area (Å²) in [6.45, 7) is 11.4. The molecule has 1 saturated heterocycles. The first kappa shape index (κ1) is 21.9. The van der Waals surface area contributed by atoms with Gasteiger partial charge in [-0.1, -0.05) is 43.6 Å². The van der Waals surface area contributed by atoms with Crippen molar-refractivity contribution < 1.29 is 5.11 Å². The molecule has 178 valence electrons. The van der Waals surface area contributed by atoms with E-state index in [2.05, 4.69) is 39.1 Å². The van der Waals surface area contributed by atoms with Gasteiger partial charge < -0.3 is 10.4 Å². The van der Waals surface area contributed by atoms with E-state index in [-0.39, 0.29) is 6.10 Å². The maximum absolute atomic E-state index is 10.3. The lowest BCUT2D eigenvalue weighted by Crippen LogP contribution is -2.56. The third-order valence-corrected chi connectivity index (χ3v) is 12.1. The van der Waals surface area contributed by atoms with E-state index in [1.807, 2.05) is 5.57 Å². The Morgan fingerprint density at radius 1 is 1.06 bits per heavy atom. The second kappa shape index (κ2) is 7.70. The summed E-state index contributed by atoms with van der Waals surface area (Å²) in [6.07, 6.45) is 16.9. The van der Waals surface area contributed by atoms with Crippen molar-refractivity contribution in [2.24, 2.45) is 46.3 Å². The van der Waals surface area contributed by atoms with E-state index in [0.717, 1.165) is 54.4 Å². The molecule has 10 atom stereocenters. The summed E-state index contributed by atoms with van der Waals surface area (Å²) < 4.78 is 0. The van der Waals surface area contributed by atoms with Crippen LogP contribution < -0.4 is 5.32 Å². The van der Waals surface area contributed by atoms with Crippen LogP contribution in [0.5, 0.6) is 0 Å². The first-order valence-corrected chi connectivity index (χ1v) is 14.1. The van der Waals surface area contributed by atoms with Gasteiger partial charge in [-0.15, -0.1) is 0 Å². The van der Waals surface area contributed by atoms with Crippen LogP contribution in [0.1, 0.15) is 98.3 Å². The van der Waals surface area contributed by atoms with Gasteiger partial charge in [-0.3, -0.25) is 0 Å². The normalized spacial score (nSPS) is 53.1. The van der Waals surface area contributed by atoms with E-state index < -0.39 is 0 Å². The molecular weight excluding hydrogens is 390 g/mol. The topological polar surface area (TPSA) is 32.3 Å². The number of aliphatic hydroxyl groups excluding tert-OH is 1. The molecule has 6 unspecified atom stereocenters. The number of piperidine rings is 1. The Morgan fingerprint density at radius 2 is 1.88 bits per heavy atom. The van der Waals surface area contributed by atoms with Crippen molar-refractivity contribution in [2.75, 3.05) is 6.54 Å². The molecule has 1 aliphatic heterocycles. The third kappa shape index (κ3) is 3.18. The van der Waals surface area contributed by atoms with Crippen LogP contribution in [-0.2, 0) is 0 Å². The largest absolute Gasteiger partial charge is 0.393 e. The van der Waals surface area contributed by atoms with Crippen molar-refractivity contribution in [3.63, 3.8) is 0 Å². The molecule has 2 heteroatoms. The second-order valence-electron chi connectivity index (χ2n) is 13.6. The average Bonchev–Trinajstić information content (AvgIpc) is 3.09. The second-order valence-corrected chi connectivity index (χ2v) is 13.6. The van der Waals surface area contributed by atoms with E-state index in [1.165, 1.54) is 64.3 Å². The Morgan fingerprint density at radius 3 is 2.72 bits per heavy atom. The zero-order valence-electron chi connectivity index (χ0n) is 21.1. The van der Waals surface area contributed by atoms with E-state index in [0.29, 0.717) is 10.8 Å². The van der Waals surface area contributed by atoms with Gasteiger partial charge in [0.2, 0.25) is 0 Å². The first-order chi connectivity index (χ1) is 15.3. The number of aliphatic hydroxyl groups is 1. The van der Waals surface area contributed by atoms with E-state index in [1.54, 1.807) is 11.1 Å². The van der Waals surface area contributed by atoms with Gasteiger partial charge in [-0.25, -0.2) is 0 Å². The van der Waals surface area contributed by atoms with Gasteiger partial charge >= 0.3 is 0 Å². The summed E-state index contributed by atoms with van der Waals surface area (Å²) in [5, 5.41) is 14.3. The van der Waals surface area contributed by atoms with Crippen molar-refractivity contribution in [3.05, 3.63) is 22.8 Å². The fourth-order valence-corrected chi connectivity index (χ4v) is 10.2. The van der Waals surface area contributed by atoms with Gasteiger partial charge in [0.25, 0.3) is 0 Å². The monoisotopic (exact) mass is 437 g/mol. The molecule has 6 rings (SSSR count). The number of nitrogens with one attached hydrogen (secondary N) is 1. The van der Waals surface area contributed by atoms with Gasteiger partial charge in [0.1, 0.15) is 0 Å². The highest BCUT2D eigenvalue weighted by molar-refractivity contribution is 5.33. The van der Waals surface area contributed by atoms with Crippen molar-refractivity contribution in [1.29, 1.82) is 0 Å². The molecule has 1 heterocycles. The predicted octanol–water partition coefficient (Wildman–Crippen LogP) is 6.65. The summed E-state index contributed by atoms with van der Waals surface area (Å²) in [5.74, 6) is 5.12. The van der Waals surface area contributed by atoms with Crippen LogP contribution in [0.25, 0.3) is 0 Å². The number of hydrogen-bond acceptors (Lipinski definition) is 2. The van der Waals surface area contributed by atoms with Crippen LogP contribution in [0, 0.1) is 46.3 Å². The molecule has 0 bridgehead atoms. The Bertz CT molecular complexity index is 827.